The van der Waals surface area contributed by atoms with Crippen LogP contribution in [0.1, 0.15) is 18.2 Å². The number of carbonyl (C=O) groups is 2. The lowest BCUT2D eigenvalue weighted by Crippen LogP contribution is -2.29. The molecule has 0 spiro atoms. The second-order valence-electron chi connectivity index (χ2n) is 4.91. The Hall–Kier alpha value is -2.34. The number of furan rings is 1. The van der Waals surface area contributed by atoms with Crippen molar-refractivity contribution in [2.45, 2.75) is 20.0 Å². The molecule has 0 unspecified atom stereocenters. The topological polar surface area (TPSA) is 68.5 Å². The van der Waals surface area contributed by atoms with Crippen molar-refractivity contribution in [3.8, 4) is 0 Å². The molecule has 120 valence electrons. The number of halogens is 1. The van der Waals surface area contributed by atoms with Gasteiger partial charge < -0.3 is 14.5 Å². The van der Waals surface area contributed by atoms with Gasteiger partial charge in [-0.1, -0.05) is 17.7 Å². The smallest absolute Gasteiger partial charge is 0.331 e. The third-order valence-corrected chi connectivity index (χ3v) is 3.39. The average molecular weight is 378 g/mol. The number of anilines is 1. The maximum Gasteiger partial charge on any atom is 0.331 e. The van der Waals surface area contributed by atoms with Crippen LogP contribution in [0.2, 0.25) is 0 Å². The van der Waals surface area contributed by atoms with E-state index in [0.717, 1.165) is 5.56 Å². The van der Waals surface area contributed by atoms with Crippen molar-refractivity contribution in [2.75, 3.05) is 5.32 Å². The molecule has 0 saturated heterocycles. The van der Waals surface area contributed by atoms with Crippen molar-refractivity contribution >= 4 is 39.6 Å². The minimum atomic E-state index is -0.906. The first-order valence-electron chi connectivity index (χ1n) is 6.95. The van der Waals surface area contributed by atoms with Crippen LogP contribution in [0.25, 0.3) is 6.08 Å². The van der Waals surface area contributed by atoms with E-state index in [-0.39, 0.29) is 0 Å². The summed E-state index contributed by atoms with van der Waals surface area (Å²) < 4.78 is 10.8. The highest BCUT2D eigenvalue weighted by atomic mass is 79.9. The van der Waals surface area contributed by atoms with Gasteiger partial charge in [0.05, 0.1) is 0 Å². The van der Waals surface area contributed by atoms with Crippen LogP contribution in [0.15, 0.2) is 51.6 Å². The molecule has 0 bridgehead atoms. The summed E-state index contributed by atoms with van der Waals surface area (Å²) in [5, 5.41) is 2.69. The van der Waals surface area contributed by atoms with E-state index < -0.39 is 18.0 Å². The lowest BCUT2D eigenvalue weighted by atomic mass is 10.2. The third-order valence-electron chi connectivity index (χ3n) is 2.96. The van der Waals surface area contributed by atoms with Crippen LogP contribution in [0.3, 0.4) is 0 Å². The van der Waals surface area contributed by atoms with Crippen LogP contribution in [0.4, 0.5) is 5.69 Å². The van der Waals surface area contributed by atoms with E-state index in [1.165, 1.54) is 19.1 Å². The van der Waals surface area contributed by atoms with Crippen LogP contribution >= 0.6 is 15.9 Å². The highest BCUT2D eigenvalue weighted by Crippen LogP contribution is 2.15. The zero-order valence-electron chi connectivity index (χ0n) is 12.7. The molecule has 2 rings (SSSR count). The Morgan fingerprint density at radius 2 is 1.91 bits per heavy atom. The number of nitrogens with one attached hydrogen (secondary N) is 1. The predicted octanol–water partition coefficient (Wildman–Crippen LogP) is 3.93. The molecule has 1 aromatic heterocycles. The average Bonchev–Trinajstić information content (AvgIpc) is 2.93. The van der Waals surface area contributed by atoms with Crippen LogP contribution in [0.5, 0.6) is 0 Å². The fourth-order valence-corrected chi connectivity index (χ4v) is 2.03. The molecular formula is C17H16BrNO4. The SMILES string of the molecule is Cc1ccc(NC(=O)[C@@H](C)OC(=O)/C=C/c2ccc(Br)o2)cc1. The summed E-state index contributed by atoms with van der Waals surface area (Å²) in [5.41, 5.74) is 1.75. The maximum absolute atomic E-state index is 12.0. The molecule has 0 radical (unpaired) electrons. The molecule has 1 amide bonds. The number of rotatable bonds is 5. The zero-order valence-corrected chi connectivity index (χ0v) is 14.3. The summed E-state index contributed by atoms with van der Waals surface area (Å²) >= 11 is 3.16. The predicted molar refractivity (Wildman–Crippen MR) is 90.8 cm³/mol. The van der Waals surface area contributed by atoms with E-state index in [9.17, 15) is 9.59 Å². The van der Waals surface area contributed by atoms with Crippen molar-refractivity contribution in [2.24, 2.45) is 0 Å². The molecule has 6 heteroatoms. The van der Waals surface area contributed by atoms with E-state index >= 15 is 0 Å². The maximum atomic E-state index is 12.0. The van der Waals surface area contributed by atoms with Gasteiger partial charge >= 0.3 is 5.97 Å². The first kappa shape index (κ1) is 17.0. The largest absolute Gasteiger partial charge is 0.450 e. The van der Waals surface area contributed by atoms with Crippen LogP contribution < -0.4 is 5.32 Å². The van der Waals surface area contributed by atoms with Gasteiger partial charge in [0.25, 0.3) is 5.91 Å². The van der Waals surface area contributed by atoms with Crippen molar-refractivity contribution in [1.29, 1.82) is 0 Å². The van der Waals surface area contributed by atoms with E-state index in [1.807, 2.05) is 19.1 Å². The molecule has 23 heavy (non-hydrogen) atoms. The summed E-state index contributed by atoms with van der Waals surface area (Å²) in [6.07, 6.45) is 1.77. The molecule has 1 aromatic carbocycles. The third kappa shape index (κ3) is 5.41. The van der Waals surface area contributed by atoms with Crippen molar-refractivity contribution < 1.29 is 18.7 Å². The van der Waals surface area contributed by atoms with Gasteiger partial charge in [-0.2, -0.15) is 0 Å². The van der Waals surface area contributed by atoms with Crippen LogP contribution in [-0.4, -0.2) is 18.0 Å². The van der Waals surface area contributed by atoms with Gasteiger partial charge in [-0.3, -0.25) is 4.79 Å². The van der Waals surface area contributed by atoms with E-state index in [2.05, 4.69) is 21.2 Å². The lowest BCUT2D eigenvalue weighted by Gasteiger charge is -2.12. The van der Waals surface area contributed by atoms with Crippen LogP contribution in [-0.2, 0) is 14.3 Å². The van der Waals surface area contributed by atoms with Gasteiger partial charge in [0.2, 0.25) is 0 Å². The van der Waals surface area contributed by atoms with Gasteiger partial charge in [-0.05, 0) is 60.1 Å². The molecule has 0 aliphatic heterocycles. The quantitative estimate of drug-likeness (QED) is 0.632. The van der Waals surface area contributed by atoms with Gasteiger partial charge in [-0.15, -0.1) is 0 Å². The Morgan fingerprint density at radius 3 is 2.52 bits per heavy atom. The number of esters is 1. The standard InChI is InChI=1S/C17H16BrNO4/c1-11-3-5-13(6-4-11)19-17(21)12(2)22-16(20)10-8-14-7-9-15(18)23-14/h3-10,12H,1-2H3,(H,19,21)/b10-8+/t12-/m1/s1. The fourth-order valence-electron chi connectivity index (χ4n) is 1.72. The number of ether oxygens (including phenoxy) is 1. The Bertz CT molecular complexity index is 718. The van der Waals surface area contributed by atoms with Crippen molar-refractivity contribution in [3.05, 3.63) is 58.5 Å². The molecule has 0 aliphatic rings. The number of hydrogen-bond donors (Lipinski definition) is 1. The molecule has 1 atom stereocenters. The summed E-state index contributed by atoms with van der Waals surface area (Å²) in [7, 11) is 0. The normalized spacial score (nSPS) is 12.1. The molecule has 1 heterocycles. The number of carbonyl (C=O) groups excluding carboxylic acids is 2. The highest BCUT2D eigenvalue weighted by molar-refractivity contribution is 9.10. The minimum Gasteiger partial charge on any atom is -0.450 e. The monoisotopic (exact) mass is 377 g/mol. The molecular weight excluding hydrogens is 362 g/mol. The van der Waals surface area contributed by atoms with Crippen molar-refractivity contribution in [1.82, 2.24) is 0 Å². The second kappa shape index (κ2) is 7.78. The molecule has 0 saturated carbocycles. The van der Waals surface area contributed by atoms with Gasteiger partial charge in [0.15, 0.2) is 10.8 Å². The van der Waals surface area contributed by atoms with Gasteiger partial charge in [0.1, 0.15) is 5.76 Å². The van der Waals surface area contributed by atoms with Crippen LogP contribution in [0, 0.1) is 6.92 Å². The number of aryl methyl sites for hydroxylation is 1. The lowest BCUT2D eigenvalue weighted by molar-refractivity contribution is -0.148. The first-order chi connectivity index (χ1) is 10.9. The first-order valence-corrected chi connectivity index (χ1v) is 7.75. The Kier molecular flexibility index (Phi) is 5.76. The summed E-state index contributed by atoms with van der Waals surface area (Å²) in [4.78, 5) is 23.7. The fraction of sp³-hybridized carbons (Fsp3) is 0.176. The minimum absolute atomic E-state index is 0.392. The Morgan fingerprint density at radius 1 is 1.22 bits per heavy atom. The molecule has 0 aliphatic carbocycles. The molecule has 2 aromatic rings. The number of benzene rings is 1. The summed E-state index contributed by atoms with van der Waals surface area (Å²) in [5.74, 6) is -0.508. The van der Waals surface area contributed by atoms with E-state index in [0.29, 0.717) is 16.1 Å². The number of amides is 1. The van der Waals surface area contributed by atoms with Gasteiger partial charge in [0, 0.05) is 11.8 Å². The zero-order chi connectivity index (χ0) is 16.8. The summed E-state index contributed by atoms with van der Waals surface area (Å²) in [6.45, 7) is 3.47. The molecule has 0 fully saturated rings. The number of hydrogen-bond acceptors (Lipinski definition) is 4. The second-order valence-corrected chi connectivity index (χ2v) is 5.69. The highest BCUT2D eigenvalue weighted by Gasteiger charge is 2.16. The van der Waals surface area contributed by atoms with E-state index in [1.54, 1.807) is 24.3 Å². The Balaban J connectivity index is 1.86. The molecule has 1 N–H and O–H groups in total. The summed E-state index contributed by atoms with van der Waals surface area (Å²) in [6, 6.07) is 10.8. The van der Waals surface area contributed by atoms with Crippen molar-refractivity contribution in [3.63, 3.8) is 0 Å². The Labute approximate surface area is 142 Å². The van der Waals surface area contributed by atoms with Gasteiger partial charge in [-0.25, -0.2) is 4.79 Å². The molecule has 5 nitrogen and oxygen atoms in total. The van der Waals surface area contributed by atoms with E-state index in [4.69, 9.17) is 9.15 Å².